The summed E-state index contributed by atoms with van der Waals surface area (Å²) in [4.78, 5) is 12.0. The van der Waals surface area contributed by atoms with Gasteiger partial charge in [-0.05, 0) is 24.1 Å². The van der Waals surface area contributed by atoms with Gasteiger partial charge >= 0.3 is 0 Å². The summed E-state index contributed by atoms with van der Waals surface area (Å²) in [6, 6.07) is 3.25. The van der Waals surface area contributed by atoms with Crippen molar-refractivity contribution in [1.29, 1.82) is 0 Å². The minimum absolute atomic E-state index is 0.0279. The molecule has 0 aliphatic carbocycles. The van der Waals surface area contributed by atoms with E-state index in [1.165, 1.54) is 12.4 Å². The lowest BCUT2D eigenvalue weighted by Gasteiger charge is -2.04. The summed E-state index contributed by atoms with van der Waals surface area (Å²) in [7, 11) is 0. The number of carbonyl (C=O) groups excluding carboxylic acids is 1. The summed E-state index contributed by atoms with van der Waals surface area (Å²) in [6.07, 6.45) is 2.81. The van der Waals surface area contributed by atoms with Gasteiger partial charge in [0.05, 0.1) is 24.7 Å². The number of aliphatic hydroxyl groups excluding tert-OH is 1. The van der Waals surface area contributed by atoms with Gasteiger partial charge in [0.1, 0.15) is 0 Å². The van der Waals surface area contributed by atoms with E-state index in [0.717, 1.165) is 12.1 Å². The van der Waals surface area contributed by atoms with Gasteiger partial charge in [-0.2, -0.15) is 15.3 Å². The van der Waals surface area contributed by atoms with Crippen molar-refractivity contribution in [2.75, 3.05) is 5.32 Å². The molecular weight excluding hydrogens is 363 g/mol. The van der Waals surface area contributed by atoms with Gasteiger partial charge in [0.25, 0.3) is 0 Å². The second-order valence-corrected chi connectivity index (χ2v) is 5.67. The Kier molecular flexibility index (Phi) is 5.46. The molecule has 0 aliphatic heterocycles. The van der Waals surface area contributed by atoms with Crippen molar-refractivity contribution < 1.29 is 23.1 Å². The van der Waals surface area contributed by atoms with Gasteiger partial charge < -0.3 is 10.4 Å². The summed E-state index contributed by atoms with van der Waals surface area (Å²) in [5, 5.41) is 25.9. The van der Waals surface area contributed by atoms with Crippen LogP contribution in [-0.4, -0.2) is 31.4 Å². The van der Waals surface area contributed by atoms with Crippen LogP contribution in [0.15, 0.2) is 30.6 Å². The number of H-pyrrole nitrogens is 1. The number of amides is 1. The van der Waals surface area contributed by atoms with Crippen molar-refractivity contribution in [3.63, 3.8) is 0 Å². The van der Waals surface area contributed by atoms with Gasteiger partial charge in [0.2, 0.25) is 5.91 Å². The van der Waals surface area contributed by atoms with Crippen LogP contribution in [-0.2, 0) is 17.8 Å². The summed E-state index contributed by atoms with van der Waals surface area (Å²) in [5.41, 5.74) is 1.80. The first kappa shape index (κ1) is 18.5. The fraction of sp³-hybridized carbons (Fsp3) is 0.176. The SMILES string of the molecule is O=C(CCc1cc(F)c(F)c(F)c1)Nc1cc(-c2cnncc2CO)[nH]n1. The normalized spacial score (nSPS) is 10.8. The molecule has 0 unspecified atom stereocenters. The third-order valence-electron chi connectivity index (χ3n) is 3.80. The molecular formula is C17H14F3N5O2. The van der Waals surface area contributed by atoms with E-state index in [0.29, 0.717) is 16.8 Å². The molecule has 0 bridgehead atoms. The van der Waals surface area contributed by atoms with E-state index in [4.69, 9.17) is 0 Å². The summed E-state index contributed by atoms with van der Waals surface area (Å²) in [5.74, 6) is -4.35. The highest BCUT2D eigenvalue weighted by molar-refractivity contribution is 5.90. The monoisotopic (exact) mass is 377 g/mol. The molecule has 0 spiro atoms. The van der Waals surface area contributed by atoms with Crippen LogP contribution in [0.4, 0.5) is 19.0 Å². The predicted molar refractivity (Wildman–Crippen MR) is 88.8 cm³/mol. The number of carbonyl (C=O) groups is 1. The largest absolute Gasteiger partial charge is 0.392 e. The highest BCUT2D eigenvalue weighted by atomic mass is 19.2. The summed E-state index contributed by atoms with van der Waals surface area (Å²) < 4.78 is 39.3. The van der Waals surface area contributed by atoms with Gasteiger partial charge in [0.15, 0.2) is 23.3 Å². The Morgan fingerprint density at radius 1 is 1.11 bits per heavy atom. The zero-order valence-electron chi connectivity index (χ0n) is 13.8. The van der Waals surface area contributed by atoms with Crippen molar-refractivity contribution in [2.24, 2.45) is 0 Å². The van der Waals surface area contributed by atoms with Crippen molar-refractivity contribution in [3.05, 3.63) is 59.2 Å². The smallest absolute Gasteiger partial charge is 0.225 e. The molecule has 10 heteroatoms. The van der Waals surface area contributed by atoms with Crippen molar-refractivity contribution in [1.82, 2.24) is 20.4 Å². The number of benzene rings is 1. The Morgan fingerprint density at radius 3 is 2.52 bits per heavy atom. The van der Waals surface area contributed by atoms with Crippen molar-refractivity contribution >= 4 is 11.7 Å². The lowest BCUT2D eigenvalue weighted by molar-refractivity contribution is -0.116. The highest BCUT2D eigenvalue weighted by Crippen LogP contribution is 2.22. The molecule has 0 atom stereocenters. The average molecular weight is 377 g/mol. The Bertz CT molecular complexity index is 954. The van der Waals surface area contributed by atoms with E-state index in [9.17, 15) is 23.1 Å². The van der Waals surface area contributed by atoms with Crippen LogP contribution in [0.2, 0.25) is 0 Å². The molecule has 3 aromatic rings. The highest BCUT2D eigenvalue weighted by Gasteiger charge is 2.13. The number of aryl methyl sites for hydroxylation is 1. The fourth-order valence-corrected chi connectivity index (χ4v) is 2.45. The predicted octanol–water partition coefficient (Wildman–Crippen LogP) is 2.35. The quantitative estimate of drug-likeness (QED) is 0.572. The molecule has 0 radical (unpaired) electrons. The zero-order chi connectivity index (χ0) is 19.4. The van der Waals surface area contributed by atoms with E-state index >= 15 is 0 Å². The lowest BCUT2D eigenvalue weighted by Crippen LogP contribution is -2.12. The molecule has 0 fully saturated rings. The first-order chi connectivity index (χ1) is 13.0. The molecule has 3 N–H and O–H groups in total. The molecule has 0 saturated heterocycles. The summed E-state index contributed by atoms with van der Waals surface area (Å²) in [6.45, 7) is -0.240. The van der Waals surface area contributed by atoms with Crippen LogP contribution < -0.4 is 5.32 Å². The molecule has 27 heavy (non-hydrogen) atoms. The first-order valence-corrected chi connectivity index (χ1v) is 7.87. The maximum absolute atomic E-state index is 13.2. The number of rotatable bonds is 6. The lowest BCUT2D eigenvalue weighted by atomic mass is 10.1. The standard InChI is InChI=1S/C17H14F3N5O2/c18-12-3-9(4-13(19)17(12)20)1-2-16(27)23-15-5-14(24-25-15)11-7-22-21-6-10(11)8-26/h3-7,26H,1-2,8H2,(H2,23,24,25,27). The van der Waals surface area contributed by atoms with Crippen LogP contribution in [0.5, 0.6) is 0 Å². The Balaban J connectivity index is 1.63. The number of aromatic nitrogens is 4. The number of anilines is 1. The maximum atomic E-state index is 13.2. The topological polar surface area (TPSA) is 104 Å². The molecule has 140 valence electrons. The average Bonchev–Trinajstić information content (AvgIpc) is 3.12. The Morgan fingerprint density at radius 2 is 1.81 bits per heavy atom. The van der Waals surface area contributed by atoms with E-state index in [1.807, 2.05) is 0 Å². The number of aliphatic hydroxyl groups is 1. The number of nitrogens with zero attached hydrogens (tertiary/aromatic N) is 3. The number of aromatic amines is 1. The zero-order valence-corrected chi connectivity index (χ0v) is 13.8. The van der Waals surface area contributed by atoms with E-state index in [2.05, 4.69) is 25.7 Å². The molecule has 0 saturated carbocycles. The number of hydrogen-bond acceptors (Lipinski definition) is 5. The van der Waals surface area contributed by atoms with Crippen LogP contribution in [0.1, 0.15) is 17.5 Å². The number of halogens is 3. The maximum Gasteiger partial charge on any atom is 0.225 e. The van der Waals surface area contributed by atoms with Gasteiger partial charge in [-0.25, -0.2) is 13.2 Å². The summed E-state index contributed by atoms with van der Waals surface area (Å²) >= 11 is 0. The third-order valence-corrected chi connectivity index (χ3v) is 3.80. The molecule has 3 rings (SSSR count). The van der Waals surface area contributed by atoms with Gasteiger partial charge in [-0.15, -0.1) is 0 Å². The minimum atomic E-state index is -1.54. The Hall–Kier alpha value is -3.27. The van der Waals surface area contributed by atoms with Crippen LogP contribution >= 0.6 is 0 Å². The van der Waals surface area contributed by atoms with Crippen LogP contribution in [0, 0.1) is 17.5 Å². The molecule has 2 heterocycles. The second-order valence-electron chi connectivity index (χ2n) is 5.67. The molecule has 1 aromatic carbocycles. The van der Waals surface area contributed by atoms with E-state index < -0.39 is 23.4 Å². The van der Waals surface area contributed by atoms with Crippen molar-refractivity contribution in [2.45, 2.75) is 19.4 Å². The fourth-order valence-electron chi connectivity index (χ4n) is 2.45. The Labute approximate surface area is 151 Å². The molecule has 1 amide bonds. The van der Waals surface area contributed by atoms with Gasteiger partial charge in [0, 0.05) is 23.6 Å². The van der Waals surface area contributed by atoms with Gasteiger partial charge in [-0.1, -0.05) is 0 Å². The van der Waals surface area contributed by atoms with Gasteiger partial charge in [-0.3, -0.25) is 9.89 Å². The van der Waals surface area contributed by atoms with Crippen LogP contribution in [0.3, 0.4) is 0 Å². The molecule has 0 aliphatic rings. The molecule has 2 aromatic heterocycles. The molecule has 7 nitrogen and oxygen atoms in total. The van der Waals surface area contributed by atoms with E-state index in [-0.39, 0.29) is 30.8 Å². The number of nitrogens with one attached hydrogen (secondary N) is 2. The van der Waals surface area contributed by atoms with Crippen molar-refractivity contribution in [3.8, 4) is 11.3 Å². The second kappa shape index (κ2) is 7.96. The van der Waals surface area contributed by atoms with Crippen LogP contribution in [0.25, 0.3) is 11.3 Å². The van der Waals surface area contributed by atoms with E-state index in [1.54, 1.807) is 6.07 Å². The first-order valence-electron chi connectivity index (χ1n) is 7.87. The third kappa shape index (κ3) is 4.29. The number of hydrogen-bond donors (Lipinski definition) is 3. The minimum Gasteiger partial charge on any atom is -0.392 e.